The van der Waals surface area contributed by atoms with Crippen molar-refractivity contribution in [3.05, 3.63) is 111 Å². The Bertz CT molecular complexity index is 1520. The minimum Gasteiger partial charge on any atom is -0.464 e. The summed E-state index contributed by atoms with van der Waals surface area (Å²) in [6, 6.07) is 23.6. The SMILES string of the molecule is N#CC(c1c(Cl)cnn(Cc2cccc3ccccc23)c1=O)c1coc2ccccc12. The molecule has 0 radical (unpaired) electrons. The summed E-state index contributed by atoms with van der Waals surface area (Å²) in [6.07, 6.45) is 2.94. The number of benzene rings is 3. The number of furan rings is 1. The fourth-order valence-corrected chi connectivity index (χ4v) is 4.19. The van der Waals surface area contributed by atoms with Crippen LogP contribution in [0, 0.1) is 11.3 Å². The number of halogens is 1. The van der Waals surface area contributed by atoms with E-state index in [2.05, 4.69) is 11.2 Å². The quantitative estimate of drug-likeness (QED) is 0.381. The van der Waals surface area contributed by atoms with Crippen LogP contribution in [0.3, 0.4) is 0 Å². The Kier molecular flexibility index (Phi) is 4.78. The zero-order valence-corrected chi connectivity index (χ0v) is 17.1. The molecule has 31 heavy (non-hydrogen) atoms. The highest BCUT2D eigenvalue weighted by Gasteiger charge is 2.25. The molecule has 0 saturated carbocycles. The van der Waals surface area contributed by atoms with E-state index in [9.17, 15) is 10.1 Å². The van der Waals surface area contributed by atoms with Gasteiger partial charge in [0.15, 0.2) is 0 Å². The minimum absolute atomic E-state index is 0.163. The topological polar surface area (TPSA) is 71.8 Å². The second kappa shape index (κ2) is 7.75. The summed E-state index contributed by atoms with van der Waals surface area (Å²) in [4.78, 5) is 13.4. The van der Waals surface area contributed by atoms with Gasteiger partial charge in [-0.05, 0) is 22.4 Å². The Hall–Kier alpha value is -3.88. The Balaban J connectivity index is 1.63. The Morgan fingerprint density at radius 3 is 2.61 bits per heavy atom. The number of para-hydroxylation sites is 1. The first-order valence-electron chi connectivity index (χ1n) is 9.75. The average Bonchev–Trinajstić information content (AvgIpc) is 3.22. The first-order chi connectivity index (χ1) is 15.2. The maximum atomic E-state index is 13.4. The van der Waals surface area contributed by atoms with Crippen molar-refractivity contribution < 1.29 is 4.42 Å². The minimum atomic E-state index is -0.870. The molecule has 0 aliphatic heterocycles. The van der Waals surface area contributed by atoms with Crippen molar-refractivity contribution in [3.63, 3.8) is 0 Å². The molecule has 3 aromatic carbocycles. The van der Waals surface area contributed by atoms with Crippen LogP contribution in [-0.4, -0.2) is 9.78 Å². The number of hydrogen-bond donors (Lipinski definition) is 0. The lowest BCUT2D eigenvalue weighted by Crippen LogP contribution is -2.28. The van der Waals surface area contributed by atoms with Crippen molar-refractivity contribution in [1.29, 1.82) is 5.26 Å². The molecule has 5 rings (SSSR count). The highest BCUT2D eigenvalue weighted by atomic mass is 35.5. The Morgan fingerprint density at radius 1 is 1.03 bits per heavy atom. The molecule has 0 saturated heterocycles. The van der Waals surface area contributed by atoms with Gasteiger partial charge in [0, 0.05) is 10.9 Å². The van der Waals surface area contributed by atoms with E-state index in [-0.39, 0.29) is 17.1 Å². The van der Waals surface area contributed by atoms with Crippen LogP contribution >= 0.6 is 11.6 Å². The first-order valence-corrected chi connectivity index (χ1v) is 10.1. The van der Waals surface area contributed by atoms with Crippen LogP contribution in [0.25, 0.3) is 21.7 Å². The van der Waals surface area contributed by atoms with Crippen molar-refractivity contribution in [2.75, 3.05) is 0 Å². The molecule has 5 nitrogen and oxygen atoms in total. The summed E-state index contributed by atoms with van der Waals surface area (Å²) in [5, 5.41) is 17.3. The summed E-state index contributed by atoms with van der Waals surface area (Å²) >= 11 is 6.38. The van der Waals surface area contributed by atoms with E-state index in [0.29, 0.717) is 11.1 Å². The van der Waals surface area contributed by atoms with Crippen molar-refractivity contribution >= 4 is 33.3 Å². The van der Waals surface area contributed by atoms with E-state index < -0.39 is 11.5 Å². The van der Waals surface area contributed by atoms with Gasteiger partial charge in [0.25, 0.3) is 5.56 Å². The number of hydrogen-bond acceptors (Lipinski definition) is 4. The zero-order chi connectivity index (χ0) is 21.4. The summed E-state index contributed by atoms with van der Waals surface area (Å²) in [5.41, 5.74) is 2.03. The molecular formula is C25H16ClN3O2. The molecule has 1 atom stereocenters. The van der Waals surface area contributed by atoms with Gasteiger partial charge in [-0.25, -0.2) is 4.68 Å². The summed E-state index contributed by atoms with van der Waals surface area (Å²) in [5.74, 6) is -0.870. The van der Waals surface area contributed by atoms with Crippen LogP contribution in [0.15, 0.2) is 88.4 Å². The van der Waals surface area contributed by atoms with E-state index in [1.54, 1.807) is 0 Å². The van der Waals surface area contributed by atoms with E-state index in [4.69, 9.17) is 16.0 Å². The van der Waals surface area contributed by atoms with Gasteiger partial charge in [0.2, 0.25) is 0 Å². The van der Waals surface area contributed by atoms with Crippen LogP contribution in [0.4, 0.5) is 0 Å². The molecule has 0 N–H and O–H groups in total. The van der Waals surface area contributed by atoms with Crippen molar-refractivity contribution in [2.45, 2.75) is 12.5 Å². The highest BCUT2D eigenvalue weighted by Crippen LogP contribution is 2.33. The summed E-state index contributed by atoms with van der Waals surface area (Å²) < 4.78 is 6.95. The van der Waals surface area contributed by atoms with E-state index in [0.717, 1.165) is 21.7 Å². The summed E-state index contributed by atoms with van der Waals surface area (Å²) in [7, 11) is 0. The van der Waals surface area contributed by atoms with Crippen molar-refractivity contribution in [1.82, 2.24) is 9.78 Å². The molecule has 6 heteroatoms. The van der Waals surface area contributed by atoms with Crippen LogP contribution in [0.5, 0.6) is 0 Å². The molecular weight excluding hydrogens is 410 g/mol. The van der Waals surface area contributed by atoms with Gasteiger partial charge < -0.3 is 4.42 Å². The van der Waals surface area contributed by atoms with Gasteiger partial charge >= 0.3 is 0 Å². The molecule has 2 heterocycles. The third-order valence-electron chi connectivity index (χ3n) is 5.47. The number of nitriles is 1. The second-order valence-electron chi connectivity index (χ2n) is 7.26. The number of nitrogens with zero attached hydrogens (tertiary/aromatic N) is 3. The van der Waals surface area contributed by atoms with Crippen molar-refractivity contribution in [3.8, 4) is 6.07 Å². The van der Waals surface area contributed by atoms with E-state index in [1.165, 1.54) is 17.1 Å². The Labute approximate surface area is 182 Å². The molecule has 1 unspecified atom stereocenters. The van der Waals surface area contributed by atoms with Gasteiger partial charge in [-0.3, -0.25) is 4.79 Å². The maximum Gasteiger partial charge on any atom is 0.273 e. The fraction of sp³-hybridized carbons (Fsp3) is 0.0800. The largest absolute Gasteiger partial charge is 0.464 e. The standard InChI is InChI=1S/C25H16ClN3O2/c26-22-13-28-29(14-17-8-5-7-16-6-1-2-9-18(16)17)25(30)24(22)20(12-27)21-15-31-23-11-4-3-10-19(21)23/h1-11,13,15,20H,14H2. The lowest BCUT2D eigenvalue weighted by molar-refractivity contribution is 0.607. The van der Waals surface area contributed by atoms with E-state index in [1.807, 2.05) is 66.7 Å². The number of rotatable bonds is 4. The van der Waals surface area contributed by atoms with Gasteiger partial charge in [0.1, 0.15) is 11.5 Å². The predicted octanol–water partition coefficient (Wildman–Crippen LogP) is 5.50. The molecule has 150 valence electrons. The van der Waals surface area contributed by atoms with Gasteiger partial charge in [-0.15, -0.1) is 0 Å². The fourth-order valence-electron chi connectivity index (χ4n) is 3.96. The van der Waals surface area contributed by atoms with Crippen LogP contribution < -0.4 is 5.56 Å². The highest BCUT2D eigenvalue weighted by molar-refractivity contribution is 6.31. The van der Waals surface area contributed by atoms with Crippen LogP contribution in [0.1, 0.15) is 22.6 Å². The molecule has 5 aromatic rings. The van der Waals surface area contributed by atoms with Crippen LogP contribution in [-0.2, 0) is 6.54 Å². The average molecular weight is 426 g/mol. The smallest absolute Gasteiger partial charge is 0.273 e. The molecule has 0 fully saturated rings. The normalized spacial score (nSPS) is 12.1. The molecule has 0 amide bonds. The van der Waals surface area contributed by atoms with Gasteiger partial charge in [-0.1, -0.05) is 72.3 Å². The van der Waals surface area contributed by atoms with Crippen molar-refractivity contribution in [2.24, 2.45) is 0 Å². The molecule has 0 aliphatic rings. The van der Waals surface area contributed by atoms with E-state index >= 15 is 0 Å². The number of aromatic nitrogens is 2. The summed E-state index contributed by atoms with van der Waals surface area (Å²) in [6.45, 7) is 0.272. The van der Waals surface area contributed by atoms with Gasteiger partial charge in [0.05, 0.1) is 35.7 Å². The lowest BCUT2D eigenvalue weighted by Gasteiger charge is -2.13. The first kappa shape index (κ1) is 19.1. The Morgan fingerprint density at radius 2 is 1.77 bits per heavy atom. The number of fused-ring (bicyclic) bond motifs is 2. The maximum absolute atomic E-state index is 13.4. The second-order valence-corrected chi connectivity index (χ2v) is 7.66. The zero-order valence-electron chi connectivity index (χ0n) is 16.3. The monoisotopic (exact) mass is 425 g/mol. The molecule has 0 aliphatic carbocycles. The van der Waals surface area contributed by atoms with Crippen LogP contribution in [0.2, 0.25) is 5.02 Å². The molecule has 2 aromatic heterocycles. The lowest BCUT2D eigenvalue weighted by atomic mass is 9.93. The molecule has 0 bridgehead atoms. The molecule has 0 spiro atoms. The predicted molar refractivity (Wildman–Crippen MR) is 120 cm³/mol. The third kappa shape index (κ3) is 3.27. The third-order valence-corrected chi connectivity index (χ3v) is 5.77. The van der Waals surface area contributed by atoms with Gasteiger partial charge in [-0.2, -0.15) is 10.4 Å².